The van der Waals surface area contributed by atoms with Crippen LogP contribution < -0.4 is 4.57 Å². The van der Waals surface area contributed by atoms with Gasteiger partial charge in [0, 0.05) is 18.0 Å². The molecule has 0 unspecified atom stereocenters. The van der Waals surface area contributed by atoms with Gasteiger partial charge in [0.25, 0.3) is 22.9 Å². The normalized spacial score (nSPS) is 15.9. The Morgan fingerprint density at radius 3 is 3.20 bits per heavy atom. The number of fused-ring (bicyclic) bond motifs is 7. The minimum atomic E-state index is -2.34. The largest absolute Gasteiger partial charge is 0.299 e. The van der Waals surface area contributed by atoms with Gasteiger partial charge in [-0.25, -0.2) is 19.1 Å². The van der Waals surface area contributed by atoms with Gasteiger partial charge in [0.2, 0.25) is 0 Å². The maximum atomic E-state index is 7.99. The van der Waals surface area contributed by atoms with Crippen LogP contribution in [0.1, 0.15) is 9.68 Å². The predicted molar refractivity (Wildman–Crippen MR) is 72.0 cm³/mol. The maximum Gasteiger partial charge on any atom is 0.299 e. The van der Waals surface area contributed by atoms with E-state index in [1.54, 1.807) is 29.1 Å². The summed E-state index contributed by atoms with van der Waals surface area (Å²) in [7, 11) is 0. The summed E-state index contributed by atoms with van der Waals surface area (Å²) in [6.45, 7) is -1.79. The lowest BCUT2D eigenvalue weighted by Crippen LogP contribution is -2.30. The monoisotopic (exact) mass is 266 g/mol. The van der Waals surface area contributed by atoms with E-state index in [-0.39, 0.29) is 0 Å². The summed E-state index contributed by atoms with van der Waals surface area (Å²) in [4.78, 5) is 13.1. The predicted octanol–water partition coefficient (Wildman–Crippen LogP) is 0.932. The van der Waals surface area contributed by atoms with Crippen molar-refractivity contribution in [3.8, 4) is 11.5 Å². The van der Waals surface area contributed by atoms with Crippen molar-refractivity contribution in [2.45, 2.75) is 6.54 Å². The van der Waals surface area contributed by atoms with E-state index in [0.29, 0.717) is 35.1 Å². The van der Waals surface area contributed by atoms with Gasteiger partial charge in [-0.15, -0.1) is 0 Å². The molecule has 0 bridgehead atoms. The number of hydrogen-bond acceptors (Lipinski definition) is 3. The average Bonchev–Trinajstić information content (AvgIpc) is 3.13. The fraction of sp³-hybridized carbons (Fsp3) is 0.143. The van der Waals surface area contributed by atoms with E-state index in [2.05, 4.69) is 15.0 Å². The molecule has 1 aliphatic rings. The highest BCUT2D eigenvalue weighted by Crippen LogP contribution is 2.31. The van der Waals surface area contributed by atoms with Gasteiger partial charge in [0.1, 0.15) is 5.69 Å². The van der Waals surface area contributed by atoms with Crippen LogP contribution in [0.15, 0.2) is 36.8 Å². The van der Waals surface area contributed by atoms with Crippen LogP contribution in [-0.4, -0.2) is 23.9 Å². The zero-order valence-corrected chi connectivity index (χ0v) is 10.4. The van der Waals surface area contributed by atoms with Gasteiger partial charge in [-0.1, -0.05) is 6.07 Å². The molecule has 0 aromatic carbocycles. The first-order valence-electron chi connectivity index (χ1n) is 7.78. The number of rotatable bonds is 0. The quantitative estimate of drug-likeness (QED) is 0.392. The lowest BCUT2D eigenvalue weighted by atomic mass is 10.2. The molecule has 0 amide bonds. The Bertz CT molecular complexity index is 1090. The van der Waals surface area contributed by atoms with Crippen molar-refractivity contribution in [1.82, 2.24) is 23.9 Å². The Balaban J connectivity index is 2.01. The van der Waals surface area contributed by atoms with Crippen molar-refractivity contribution in [2.24, 2.45) is 6.98 Å². The lowest BCUT2D eigenvalue weighted by molar-refractivity contribution is -0.636. The summed E-state index contributed by atoms with van der Waals surface area (Å²) < 4.78 is 28.9. The molecule has 0 radical (unpaired) electrons. The van der Waals surface area contributed by atoms with Crippen molar-refractivity contribution in [3.05, 3.63) is 42.4 Å². The molecular weight excluding hydrogens is 252 g/mol. The van der Waals surface area contributed by atoms with Crippen molar-refractivity contribution < 1.29 is 8.68 Å². The first-order valence-corrected chi connectivity index (χ1v) is 6.28. The fourth-order valence-electron chi connectivity index (χ4n) is 2.90. The minimum absolute atomic E-state index is 0.481. The second kappa shape index (κ2) is 3.22. The topological polar surface area (TPSA) is 51.9 Å². The molecule has 0 spiro atoms. The number of aromatic nitrogens is 6. The summed E-state index contributed by atoms with van der Waals surface area (Å²) >= 11 is 0. The SMILES string of the molecule is [2H]C([2H])([2H])[n+]1c2n(c3nc4ncccn4c31)Cc1cccnc1-2. The molecule has 4 aromatic rings. The van der Waals surface area contributed by atoms with Crippen LogP contribution in [0.2, 0.25) is 0 Å². The number of hydrogen-bond donors (Lipinski definition) is 0. The van der Waals surface area contributed by atoms with Crippen LogP contribution >= 0.6 is 0 Å². The second-order valence-electron chi connectivity index (χ2n) is 4.81. The van der Waals surface area contributed by atoms with Crippen LogP contribution in [0.4, 0.5) is 0 Å². The van der Waals surface area contributed by atoms with Gasteiger partial charge in [-0.2, -0.15) is 9.38 Å². The molecule has 6 nitrogen and oxygen atoms in total. The molecule has 0 saturated carbocycles. The standard InChI is InChI=1S/C14H11N6/c1-18-12-10-9(4-2-5-15-10)8-20(12)11-13(18)19-7-3-6-16-14(19)17-11/h2-7H,8H2,1H3/q+1/i1D3. The van der Waals surface area contributed by atoms with E-state index >= 15 is 0 Å². The Kier molecular flexibility index (Phi) is 1.24. The molecule has 0 fully saturated rings. The Labute approximate surface area is 118 Å². The molecule has 0 atom stereocenters. The molecule has 1 aliphatic heterocycles. The van der Waals surface area contributed by atoms with E-state index < -0.39 is 6.98 Å². The minimum Gasteiger partial charge on any atom is -0.249 e. The average molecular weight is 266 g/mol. The van der Waals surface area contributed by atoms with Crippen LogP contribution in [0.5, 0.6) is 0 Å². The molecule has 96 valence electrons. The van der Waals surface area contributed by atoms with Gasteiger partial charge in [-0.05, 0) is 12.1 Å². The van der Waals surface area contributed by atoms with Crippen LogP contribution in [0.3, 0.4) is 0 Å². The Morgan fingerprint density at radius 2 is 2.25 bits per heavy atom. The molecular formula is C14H11N6+. The second-order valence-corrected chi connectivity index (χ2v) is 4.81. The first-order chi connectivity index (χ1) is 11.1. The number of pyridine rings is 1. The number of imidazole rings is 2. The third-order valence-electron chi connectivity index (χ3n) is 3.73. The first kappa shape index (κ1) is 7.74. The van der Waals surface area contributed by atoms with Gasteiger partial charge in [-0.3, -0.25) is 0 Å². The van der Waals surface area contributed by atoms with Crippen molar-refractivity contribution in [3.63, 3.8) is 0 Å². The summed E-state index contributed by atoms with van der Waals surface area (Å²) in [6.07, 6.45) is 5.09. The van der Waals surface area contributed by atoms with Crippen molar-refractivity contribution >= 4 is 17.1 Å². The van der Waals surface area contributed by atoms with Crippen LogP contribution in [-0.2, 0) is 13.5 Å². The molecule has 0 aliphatic carbocycles. The number of aryl methyl sites for hydroxylation is 1. The lowest BCUT2D eigenvalue weighted by Gasteiger charge is -1.95. The molecule has 0 saturated heterocycles. The molecule has 4 aromatic heterocycles. The summed E-state index contributed by atoms with van der Waals surface area (Å²) in [5, 5.41) is 0. The van der Waals surface area contributed by atoms with E-state index in [1.807, 2.05) is 16.7 Å². The smallest absolute Gasteiger partial charge is 0.249 e. The fourth-order valence-corrected chi connectivity index (χ4v) is 2.90. The summed E-state index contributed by atoms with van der Waals surface area (Å²) in [6, 6.07) is 5.57. The molecule has 6 heteroatoms. The zero-order valence-electron chi connectivity index (χ0n) is 13.4. The van der Waals surface area contributed by atoms with E-state index in [0.717, 1.165) is 5.56 Å². The van der Waals surface area contributed by atoms with Gasteiger partial charge < -0.3 is 0 Å². The summed E-state index contributed by atoms with van der Waals surface area (Å²) in [5.74, 6) is 1.05. The van der Waals surface area contributed by atoms with E-state index in [4.69, 9.17) is 4.11 Å². The molecule has 5 heterocycles. The molecule has 5 rings (SSSR count). The van der Waals surface area contributed by atoms with Crippen LogP contribution in [0, 0.1) is 0 Å². The highest BCUT2D eigenvalue weighted by molar-refractivity contribution is 5.75. The van der Waals surface area contributed by atoms with E-state index in [9.17, 15) is 0 Å². The third-order valence-corrected chi connectivity index (χ3v) is 3.73. The Morgan fingerprint density at radius 1 is 1.30 bits per heavy atom. The van der Waals surface area contributed by atoms with Crippen LogP contribution in [0.25, 0.3) is 28.6 Å². The number of nitrogens with zero attached hydrogens (tertiary/aromatic N) is 6. The summed E-state index contributed by atoms with van der Waals surface area (Å²) in [5.41, 5.74) is 2.80. The van der Waals surface area contributed by atoms with Crippen molar-refractivity contribution in [2.75, 3.05) is 0 Å². The van der Waals surface area contributed by atoms with Crippen molar-refractivity contribution in [1.29, 1.82) is 0 Å². The molecule has 0 N–H and O–H groups in total. The van der Waals surface area contributed by atoms with Gasteiger partial charge >= 0.3 is 0 Å². The van der Waals surface area contributed by atoms with E-state index in [1.165, 1.54) is 4.57 Å². The van der Waals surface area contributed by atoms with Gasteiger partial charge in [0.05, 0.1) is 23.8 Å². The zero-order chi connectivity index (χ0) is 15.8. The molecule has 20 heavy (non-hydrogen) atoms. The Hall–Kier alpha value is -2.76. The third kappa shape index (κ3) is 1.01. The highest BCUT2D eigenvalue weighted by atomic mass is 15.3. The highest BCUT2D eigenvalue weighted by Gasteiger charge is 2.34. The maximum absolute atomic E-state index is 7.99. The van der Waals surface area contributed by atoms with Gasteiger partial charge in [0.15, 0.2) is 0 Å².